The Labute approximate surface area is 141 Å². The highest BCUT2D eigenvalue weighted by molar-refractivity contribution is 7.89. The van der Waals surface area contributed by atoms with E-state index in [-0.39, 0.29) is 16.5 Å². The molecule has 1 aliphatic rings. The van der Waals surface area contributed by atoms with Crippen molar-refractivity contribution in [3.8, 4) is 0 Å². The van der Waals surface area contributed by atoms with E-state index in [4.69, 9.17) is 5.11 Å². The molecule has 0 bridgehead atoms. The van der Waals surface area contributed by atoms with Crippen LogP contribution in [-0.4, -0.2) is 37.5 Å². The van der Waals surface area contributed by atoms with Crippen LogP contribution in [0.25, 0.3) is 0 Å². The second-order valence-electron chi connectivity index (χ2n) is 5.93. The van der Waals surface area contributed by atoms with Gasteiger partial charge in [-0.05, 0) is 43.5 Å². The van der Waals surface area contributed by atoms with E-state index in [1.807, 2.05) is 6.92 Å². The molecule has 3 N–H and O–H groups in total. The molecule has 8 heteroatoms. The number of amides is 1. The number of sulfonamides is 1. The molecule has 0 radical (unpaired) electrons. The largest absolute Gasteiger partial charge is 0.480 e. The van der Waals surface area contributed by atoms with Crippen molar-refractivity contribution < 1.29 is 23.1 Å². The lowest BCUT2D eigenvalue weighted by molar-refractivity contribution is -0.139. The van der Waals surface area contributed by atoms with Crippen LogP contribution in [0.1, 0.15) is 49.4 Å². The number of nitrogens with one attached hydrogen (secondary N) is 2. The Balaban J connectivity index is 2.03. The van der Waals surface area contributed by atoms with E-state index in [1.165, 1.54) is 24.3 Å². The first kappa shape index (κ1) is 18.4. The smallest absolute Gasteiger partial charge is 0.326 e. The van der Waals surface area contributed by atoms with Crippen molar-refractivity contribution in [2.45, 2.75) is 56.0 Å². The molecule has 24 heavy (non-hydrogen) atoms. The van der Waals surface area contributed by atoms with Gasteiger partial charge in [0.1, 0.15) is 6.04 Å². The Bertz CT molecular complexity index is 696. The Morgan fingerprint density at radius 2 is 1.88 bits per heavy atom. The number of hydrogen-bond donors (Lipinski definition) is 3. The molecule has 1 saturated carbocycles. The fourth-order valence-electron chi connectivity index (χ4n) is 2.18. The van der Waals surface area contributed by atoms with Crippen LogP contribution >= 0.6 is 0 Å². The van der Waals surface area contributed by atoms with Crippen molar-refractivity contribution in [2.24, 2.45) is 0 Å². The Morgan fingerprint density at radius 3 is 2.38 bits per heavy atom. The summed E-state index contributed by atoms with van der Waals surface area (Å²) in [5.41, 5.74) is 0.225. The number of aliphatic carboxylic acids is 1. The van der Waals surface area contributed by atoms with Gasteiger partial charge in [-0.3, -0.25) is 4.79 Å². The molecule has 1 amide bonds. The standard InChI is InChI=1S/C16H22N2O5S/c1-2-3-4-14(16(20)21)17-15(19)11-5-9-13(10-6-11)24(22,23)18-12-7-8-12/h5-6,9-10,12,14,18H,2-4,7-8H2,1H3,(H,17,19)(H,20,21). The van der Waals surface area contributed by atoms with Crippen LogP contribution in [0.5, 0.6) is 0 Å². The first-order chi connectivity index (χ1) is 11.3. The summed E-state index contributed by atoms with van der Waals surface area (Å²) < 4.78 is 26.7. The summed E-state index contributed by atoms with van der Waals surface area (Å²) in [6, 6.07) is 4.53. The van der Waals surface area contributed by atoms with Crippen LogP contribution < -0.4 is 10.0 Å². The van der Waals surface area contributed by atoms with Crippen molar-refractivity contribution in [3.63, 3.8) is 0 Å². The van der Waals surface area contributed by atoms with Crippen molar-refractivity contribution in [3.05, 3.63) is 29.8 Å². The number of carbonyl (C=O) groups is 2. The van der Waals surface area contributed by atoms with Gasteiger partial charge in [0, 0.05) is 11.6 Å². The summed E-state index contributed by atoms with van der Waals surface area (Å²) in [5, 5.41) is 11.6. The lowest BCUT2D eigenvalue weighted by Crippen LogP contribution is -2.40. The molecule has 0 aliphatic heterocycles. The zero-order chi connectivity index (χ0) is 17.7. The molecule has 0 saturated heterocycles. The second kappa shape index (κ2) is 7.76. The monoisotopic (exact) mass is 354 g/mol. The van der Waals surface area contributed by atoms with Gasteiger partial charge in [-0.15, -0.1) is 0 Å². The maximum Gasteiger partial charge on any atom is 0.326 e. The van der Waals surface area contributed by atoms with Gasteiger partial charge >= 0.3 is 5.97 Å². The summed E-state index contributed by atoms with van der Waals surface area (Å²) in [4.78, 5) is 23.4. The molecule has 0 heterocycles. The van der Waals surface area contributed by atoms with E-state index in [0.29, 0.717) is 12.8 Å². The molecule has 1 atom stereocenters. The first-order valence-corrected chi connectivity index (χ1v) is 9.48. The number of carboxylic acid groups (broad SMARTS) is 1. The normalized spacial score (nSPS) is 15.7. The number of rotatable bonds is 9. The van der Waals surface area contributed by atoms with Gasteiger partial charge in [0.15, 0.2) is 0 Å². The number of carboxylic acids is 1. The predicted octanol–water partition coefficient (Wildman–Crippen LogP) is 1.50. The van der Waals surface area contributed by atoms with Crippen molar-refractivity contribution >= 4 is 21.9 Å². The maximum absolute atomic E-state index is 12.1. The van der Waals surface area contributed by atoms with Crippen molar-refractivity contribution in [2.75, 3.05) is 0 Å². The lowest BCUT2D eigenvalue weighted by Gasteiger charge is -2.14. The Morgan fingerprint density at radius 1 is 1.25 bits per heavy atom. The van der Waals surface area contributed by atoms with E-state index in [1.54, 1.807) is 0 Å². The molecule has 132 valence electrons. The zero-order valence-electron chi connectivity index (χ0n) is 13.5. The summed E-state index contributed by atoms with van der Waals surface area (Å²) in [6.45, 7) is 1.94. The molecule has 2 rings (SSSR count). The van der Waals surface area contributed by atoms with Crippen LogP contribution in [0.2, 0.25) is 0 Å². The number of benzene rings is 1. The molecule has 7 nitrogen and oxygen atoms in total. The van der Waals surface area contributed by atoms with Crippen LogP contribution in [0.15, 0.2) is 29.2 Å². The quantitative estimate of drug-likeness (QED) is 0.622. The van der Waals surface area contributed by atoms with Gasteiger partial charge in [0.05, 0.1) is 4.90 Å². The second-order valence-corrected chi connectivity index (χ2v) is 7.64. The van der Waals surface area contributed by atoms with Crippen LogP contribution in [0.4, 0.5) is 0 Å². The fourth-order valence-corrected chi connectivity index (χ4v) is 3.49. The van der Waals surface area contributed by atoms with Gasteiger partial charge in [0.25, 0.3) is 5.91 Å². The SMILES string of the molecule is CCCCC(NC(=O)c1ccc(S(=O)(=O)NC2CC2)cc1)C(=O)O. The van der Waals surface area contributed by atoms with Gasteiger partial charge < -0.3 is 10.4 Å². The van der Waals surface area contributed by atoms with Gasteiger partial charge in [0.2, 0.25) is 10.0 Å². The van der Waals surface area contributed by atoms with Gasteiger partial charge in [-0.1, -0.05) is 19.8 Å². The summed E-state index contributed by atoms with van der Waals surface area (Å²) in [7, 11) is -3.56. The molecule has 1 fully saturated rings. The summed E-state index contributed by atoms with van der Waals surface area (Å²) >= 11 is 0. The maximum atomic E-state index is 12.1. The first-order valence-electron chi connectivity index (χ1n) is 7.99. The lowest BCUT2D eigenvalue weighted by atomic mass is 10.1. The van der Waals surface area contributed by atoms with Gasteiger partial charge in [-0.25, -0.2) is 17.9 Å². The summed E-state index contributed by atoms with van der Waals surface area (Å²) in [5.74, 6) is -1.61. The average Bonchev–Trinajstić information content (AvgIpc) is 3.34. The van der Waals surface area contributed by atoms with Crippen molar-refractivity contribution in [1.82, 2.24) is 10.0 Å². The number of hydrogen-bond acceptors (Lipinski definition) is 4. The van der Waals surface area contributed by atoms with E-state index in [9.17, 15) is 18.0 Å². The molecule has 0 spiro atoms. The molecule has 1 aliphatic carbocycles. The van der Waals surface area contributed by atoms with Crippen molar-refractivity contribution in [1.29, 1.82) is 0 Å². The Hall–Kier alpha value is -1.93. The third-order valence-electron chi connectivity index (χ3n) is 3.78. The predicted molar refractivity (Wildman–Crippen MR) is 88.2 cm³/mol. The minimum absolute atomic E-state index is 0.00728. The zero-order valence-corrected chi connectivity index (χ0v) is 14.3. The van der Waals surface area contributed by atoms with E-state index in [2.05, 4.69) is 10.0 Å². The topological polar surface area (TPSA) is 113 Å². The number of unbranched alkanes of at least 4 members (excludes halogenated alkanes) is 1. The minimum atomic E-state index is -3.56. The highest BCUT2D eigenvalue weighted by Gasteiger charge is 2.28. The molecule has 0 aromatic heterocycles. The molecular weight excluding hydrogens is 332 g/mol. The molecule has 1 aromatic rings. The molecule has 1 aromatic carbocycles. The highest BCUT2D eigenvalue weighted by Crippen LogP contribution is 2.22. The third-order valence-corrected chi connectivity index (χ3v) is 5.31. The Kier molecular flexibility index (Phi) is 5.95. The average molecular weight is 354 g/mol. The van der Waals surface area contributed by atoms with Crippen LogP contribution in [-0.2, 0) is 14.8 Å². The van der Waals surface area contributed by atoms with E-state index >= 15 is 0 Å². The van der Waals surface area contributed by atoms with E-state index < -0.39 is 27.9 Å². The number of carbonyl (C=O) groups excluding carboxylic acids is 1. The van der Waals surface area contributed by atoms with Crippen LogP contribution in [0.3, 0.4) is 0 Å². The third kappa shape index (κ3) is 5.04. The highest BCUT2D eigenvalue weighted by atomic mass is 32.2. The molecule has 1 unspecified atom stereocenters. The fraction of sp³-hybridized carbons (Fsp3) is 0.500. The summed E-state index contributed by atoms with van der Waals surface area (Å²) in [6.07, 6.45) is 3.57. The van der Waals surface area contributed by atoms with Crippen LogP contribution in [0, 0.1) is 0 Å². The van der Waals surface area contributed by atoms with E-state index in [0.717, 1.165) is 19.3 Å². The molecular formula is C16H22N2O5S. The van der Waals surface area contributed by atoms with Gasteiger partial charge in [-0.2, -0.15) is 0 Å². The minimum Gasteiger partial charge on any atom is -0.480 e.